The largest absolute Gasteiger partial charge is 0.383 e. The zero-order chi connectivity index (χ0) is 12.6. The SMILES string of the molecule is COCCNCc1cnc(Cc2ccccc2)s1. The van der Waals surface area contributed by atoms with Crippen molar-refractivity contribution in [3.63, 3.8) is 0 Å². The first-order valence-corrected chi connectivity index (χ1v) is 6.87. The van der Waals surface area contributed by atoms with Gasteiger partial charge < -0.3 is 10.1 Å². The van der Waals surface area contributed by atoms with E-state index in [1.54, 1.807) is 18.4 Å². The standard InChI is InChI=1S/C14H18N2OS/c1-17-8-7-15-10-13-11-16-14(18-13)9-12-5-3-2-4-6-12/h2-6,11,15H,7-10H2,1H3. The van der Waals surface area contributed by atoms with E-state index in [-0.39, 0.29) is 0 Å². The number of aromatic nitrogens is 1. The average molecular weight is 262 g/mol. The molecule has 0 radical (unpaired) electrons. The van der Waals surface area contributed by atoms with Crippen LogP contribution in [-0.2, 0) is 17.7 Å². The van der Waals surface area contributed by atoms with Crippen LogP contribution in [0.4, 0.5) is 0 Å². The molecule has 1 aromatic heterocycles. The van der Waals surface area contributed by atoms with Crippen LogP contribution < -0.4 is 5.32 Å². The normalized spacial score (nSPS) is 10.7. The van der Waals surface area contributed by atoms with Crippen molar-refractivity contribution in [1.29, 1.82) is 0 Å². The summed E-state index contributed by atoms with van der Waals surface area (Å²) in [4.78, 5) is 5.73. The predicted octanol–water partition coefficient (Wildman–Crippen LogP) is 2.47. The lowest BCUT2D eigenvalue weighted by atomic mass is 10.2. The van der Waals surface area contributed by atoms with Gasteiger partial charge in [-0.1, -0.05) is 30.3 Å². The number of benzene rings is 1. The predicted molar refractivity (Wildman–Crippen MR) is 74.9 cm³/mol. The molecule has 4 heteroatoms. The molecule has 0 unspecified atom stereocenters. The number of thiazole rings is 1. The van der Waals surface area contributed by atoms with Crippen molar-refractivity contribution in [2.45, 2.75) is 13.0 Å². The molecule has 0 fully saturated rings. The maximum atomic E-state index is 4.99. The highest BCUT2D eigenvalue weighted by molar-refractivity contribution is 7.11. The summed E-state index contributed by atoms with van der Waals surface area (Å²) in [5.74, 6) is 0. The average Bonchev–Trinajstić information content (AvgIpc) is 2.84. The van der Waals surface area contributed by atoms with Gasteiger partial charge in [0, 0.05) is 37.7 Å². The van der Waals surface area contributed by atoms with Crippen LogP contribution in [0.25, 0.3) is 0 Å². The molecule has 1 aromatic carbocycles. The number of ether oxygens (including phenoxy) is 1. The van der Waals surface area contributed by atoms with Gasteiger partial charge in [0.1, 0.15) is 0 Å². The molecule has 1 heterocycles. The Morgan fingerprint density at radius 2 is 2.11 bits per heavy atom. The van der Waals surface area contributed by atoms with Gasteiger partial charge in [0.15, 0.2) is 0 Å². The molecule has 0 atom stereocenters. The van der Waals surface area contributed by atoms with E-state index in [0.717, 1.165) is 26.1 Å². The summed E-state index contributed by atoms with van der Waals surface area (Å²) < 4.78 is 4.99. The van der Waals surface area contributed by atoms with Gasteiger partial charge in [0.05, 0.1) is 11.6 Å². The highest BCUT2D eigenvalue weighted by Gasteiger charge is 2.02. The Bertz CT molecular complexity index is 456. The smallest absolute Gasteiger partial charge is 0.0971 e. The molecule has 1 N–H and O–H groups in total. The van der Waals surface area contributed by atoms with Gasteiger partial charge in [0.2, 0.25) is 0 Å². The molecule has 0 bridgehead atoms. The van der Waals surface area contributed by atoms with E-state index >= 15 is 0 Å². The van der Waals surface area contributed by atoms with Gasteiger partial charge in [-0.15, -0.1) is 11.3 Å². The molecule has 0 saturated heterocycles. The van der Waals surface area contributed by atoms with E-state index < -0.39 is 0 Å². The number of nitrogens with one attached hydrogen (secondary N) is 1. The van der Waals surface area contributed by atoms with Gasteiger partial charge in [0.25, 0.3) is 0 Å². The molecular formula is C14H18N2OS. The van der Waals surface area contributed by atoms with Crippen LogP contribution >= 0.6 is 11.3 Å². The number of nitrogens with zero attached hydrogens (tertiary/aromatic N) is 1. The summed E-state index contributed by atoms with van der Waals surface area (Å²) in [6.45, 7) is 2.49. The fraction of sp³-hybridized carbons (Fsp3) is 0.357. The van der Waals surface area contributed by atoms with Crippen molar-refractivity contribution in [1.82, 2.24) is 10.3 Å². The summed E-state index contributed by atoms with van der Waals surface area (Å²) in [6.07, 6.45) is 2.88. The van der Waals surface area contributed by atoms with Crippen LogP contribution in [0.5, 0.6) is 0 Å². The second-order valence-corrected chi connectivity index (χ2v) is 5.25. The summed E-state index contributed by atoms with van der Waals surface area (Å²) >= 11 is 1.77. The van der Waals surface area contributed by atoms with Crippen molar-refractivity contribution in [3.8, 4) is 0 Å². The highest BCUT2D eigenvalue weighted by Crippen LogP contribution is 2.16. The van der Waals surface area contributed by atoms with Gasteiger partial charge in [-0.3, -0.25) is 0 Å². The zero-order valence-corrected chi connectivity index (χ0v) is 11.4. The Kier molecular flexibility index (Phi) is 5.33. The van der Waals surface area contributed by atoms with Gasteiger partial charge in [-0.05, 0) is 5.56 Å². The van der Waals surface area contributed by atoms with Gasteiger partial charge in [-0.25, -0.2) is 4.98 Å². The lowest BCUT2D eigenvalue weighted by molar-refractivity contribution is 0.199. The monoisotopic (exact) mass is 262 g/mol. The molecule has 0 aliphatic carbocycles. The number of methoxy groups -OCH3 is 1. The Morgan fingerprint density at radius 1 is 1.28 bits per heavy atom. The Labute approximate surface area is 112 Å². The second kappa shape index (κ2) is 7.26. The Hall–Kier alpha value is -1.23. The first kappa shape index (κ1) is 13.2. The van der Waals surface area contributed by atoms with Gasteiger partial charge >= 0.3 is 0 Å². The third kappa shape index (κ3) is 4.22. The topological polar surface area (TPSA) is 34.1 Å². The maximum Gasteiger partial charge on any atom is 0.0971 e. The third-order valence-corrected chi connectivity index (χ3v) is 3.58. The molecule has 18 heavy (non-hydrogen) atoms. The quantitative estimate of drug-likeness (QED) is 0.778. The van der Waals surface area contributed by atoms with Crippen molar-refractivity contribution >= 4 is 11.3 Å². The first-order valence-electron chi connectivity index (χ1n) is 6.05. The van der Waals surface area contributed by atoms with Crippen LogP contribution in [0.15, 0.2) is 36.5 Å². The van der Waals surface area contributed by atoms with E-state index in [2.05, 4.69) is 34.6 Å². The molecule has 96 valence electrons. The van der Waals surface area contributed by atoms with Crippen LogP contribution in [0.2, 0.25) is 0 Å². The molecule has 0 amide bonds. The highest BCUT2D eigenvalue weighted by atomic mass is 32.1. The number of hydrogen-bond donors (Lipinski definition) is 1. The maximum absolute atomic E-state index is 4.99. The molecular weight excluding hydrogens is 244 g/mol. The number of rotatable bonds is 7. The first-order chi connectivity index (χ1) is 8.88. The van der Waals surface area contributed by atoms with E-state index in [9.17, 15) is 0 Å². The molecule has 0 saturated carbocycles. The minimum absolute atomic E-state index is 0.746. The van der Waals surface area contributed by atoms with Crippen molar-refractivity contribution < 1.29 is 4.74 Å². The van der Waals surface area contributed by atoms with Crippen LogP contribution in [0.1, 0.15) is 15.4 Å². The molecule has 0 spiro atoms. The van der Waals surface area contributed by atoms with Crippen molar-refractivity contribution in [2.75, 3.05) is 20.3 Å². The Balaban J connectivity index is 1.83. The molecule has 0 aliphatic rings. The number of hydrogen-bond acceptors (Lipinski definition) is 4. The molecule has 0 aliphatic heterocycles. The minimum Gasteiger partial charge on any atom is -0.383 e. The fourth-order valence-corrected chi connectivity index (χ4v) is 2.59. The van der Waals surface area contributed by atoms with E-state index in [0.29, 0.717) is 0 Å². The van der Waals surface area contributed by atoms with E-state index in [1.807, 2.05) is 12.3 Å². The summed E-state index contributed by atoms with van der Waals surface area (Å²) in [6, 6.07) is 10.4. The van der Waals surface area contributed by atoms with Gasteiger partial charge in [-0.2, -0.15) is 0 Å². The Morgan fingerprint density at radius 3 is 2.89 bits per heavy atom. The molecule has 2 aromatic rings. The zero-order valence-electron chi connectivity index (χ0n) is 10.6. The summed E-state index contributed by atoms with van der Waals surface area (Å²) in [7, 11) is 1.71. The minimum atomic E-state index is 0.746. The van der Waals surface area contributed by atoms with Crippen molar-refractivity contribution in [2.24, 2.45) is 0 Å². The molecule has 3 nitrogen and oxygen atoms in total. The van der Waals surface area contributed by atoms with Crippen LogP contribution in [0.3, 0.4) is 0 Å². The third-order valence-electron chi connectivity index (χ3n) is 2.58. The van der Waals surface area contributed by atoms with E-state index in [4.69, 9.17) is 4.74 Å². The lowest BCUT2D eigenvalue weighted by Gasteiger charge is -2.00. The molecule has 2 rings (SSSR count). The van der Waals surface area contributed by atoms with E-state index in [1.165, 1.54) is 15.4 Å². The van der Waals surface area contributed by atoms with Crippen LogP contribution in [0, 0.1) is 0 Å². The lowest BCUT2D eigenvalue weighted by Crippen LogP contribution is -2.17. The fourth-order valence-electron chi connectivity index (χ4n) is 1.67. The van der Waals surface area contributed by atoms with Crippen LogP contribution in [-0.4, -0.2) is 25.2 Å². The summed E-state index contributed by atoms with van der Waals surface area (Å²) in [5.41, 5.74) is 1.31. The summed E-state index contributed by atoms with van der Waals surface area (Å²) in [5, 5.41) is 4.50. The van der Waals surface area contributed by atoms with Crippen molar-refractivity contribution in [3.05, 3.63) is 52.0 Å². The second-order valence-electron chi connectivity index (χ2n) is 4.05.